The van der Waals surface area contributed by atoms with Gasteiger partial charge < -0.3 is 28.7 Å². The molecule has 0 aliphatic rings. The minimum Gasteiger partial charge on any atom is -0.496 e. The molecule has 0 unspecified atom stereocenters. The Kier molecular flexibility index (Phi) is 6.69. The number of carbonyl (C=O) groups excluding carboxylic acids is 1. The molecule has 3 aromatic rings. The lowest BCUT2D eigenvalue weighted by atomic mass is 10.0. The standard InChI is InChI=1S/C23H25NO7/c1-13-16(23(26)31-20-10-15(27-2)9-19(30-5)22(13)20)11-21(25)24-12-14-6-7-17(28-3)18(8-14)29-4/h6-10H,11-12H2,1-5H3,(H,24,25). The second kappa shape index (κ2) is 9.42. The van der Waals surface area contributed by atoms with Gasteiger partial charge in [0, 0.05) is 18.7 Å². The summed E-state index contributed by atoms with van der Waals surface area (Å²) in [6.45, 7) is 2.04. The number of amides is 1. The smallest absolute Gasteiger partial charge is 0.340 e. The summed E-state index contributed by atoms with van der Waals surface area (Å²) in [6, 6.07) is 8.70. The van der Waals surface area contributed by atoms with Crippen molar-refractivity contribution in [1.82, 2.24) is 5.32 Å². The van der Waals surface area contributed by atoms with Gasteiger partial charge in [-0.3, -0.25) is 4.79 Å². The molecular formula is C23H25NO7. The average Bonchev–Trinajstić information content (AvgIpc) is 2.79. The Labute approximate surface area is 179 Å². The molecule has 1 amide bonds. The van der Waals surface area contributed by atoms with Crippen LogP contribution >= 0.6 is 0 Å². The lowest BCUT2D eigenvalue weighted by Crippen LogP contribution is -2.27. The Morgan fingerprint density at radius 1 is 0.935 bits per heavy atom. The van der Waals surface area contributed by atoms with Crippen molar-refractivity contribution >= 4 is 16.9 Å². The molecule has 3 rings (SSSR count). The van der Waals surface area contributed by atoms with Crippen LogP contribution in [0.15, 0.2) is 39.5 Å². The molecule has 1 N–H and O–H groups in total. The SMILES string of the molecule is COc1cc(OC)c2c(C)c(CC(=O)NCc3ccc(OC)c(OC)c3)c(=O)oc2c1. The minimum absolute atomic E-state index is 0.118. The van der Waals surface area contributed by atoms with Gasteiger partial charge in [-0.15, -0.1) is 0 Å². The summed E-state index contributed by atoms with van der Waals surface area (Å²) in [5, 5.41) is 3.45. The van der Waals surface area contributed by atoms with Gasteiger partial charge in [-0.2, -0.15) is 0 Å². The van der Waals surface area contributed by atoms with Gasteiger partial charge >= 0.3 is 5.63 Å². The van der Waals surface area contributed by atoms with Crippen molar-refractivity contribution in [3.8, 4) is 23.0 Å². The summed E-state index contributed by atoms with van der Waals surface area (Å²) in [4.78, 5) is 25.1. The van der Waals surface area contributed by atoms with Crippen LogP contribution in [-0.2, 0) is 17.8 Å². The third-order valence-electron chi connectivity index (χ3n) is 5.05. The van der Waals surface area contributed by atoms with Gasteiger partial charge in [0.2, 0.25) is 5.91 Å². The van der Waals surface area contributed by atoms with Crippen LogP contribution in [0.2, 0.25) is 0 Å². The maximum Gasteiger partial charge on any atom is 0.340 e. The zero-order valence-corrected chi connectivity index (χ0v) is 18.2. The topological polar surface area (TPSA) is 96.2 Å². The predicted molar refractivity (Wildman–Crippen MR) is 115 cm³/mol. The summed E-state index contributed by atoms with van der Waals surface area (Å²) in [5.41, 5.74) is 1.52. The number of aryl methyl sites for hydroxylation is 1. The molecule has 0 aliphatic heterocycles. The molecule has 164 valence electrons. The van der Waals surface area contributed by atoms with E-state index in [1.165, 1.54) is 14.2 Å². The largest absolute Gasteiger partial charge is 0.496 e. The number of benzene rings is 2. The molecule has 0 bridgehead atoms. The van der Waals surface area contributed by atoms with Crippen LogP contribution in [0.3, 0.4) is 0 Å². The highest BCUT2D eigenvalue weighted by Gasteiger charge is 2.19. The van der Waals surface area contributed by atoms with E-state index in [1.807, 2.05) is 6.07 Å². The van der Waals surface area contributed by atoms with Crippen LogP contribution < -0.4 is 29.9 Å². The second-order valence-corrected chi connectivity index (χ2v) is 6.84. The first-order valence-corrected chi connectivity index (χ1v) is 9.57. The molecule has 31 heavy (non-hydrogen) atoms. The Hall–Kier alpha value is -3.68. The molecule has 0 atom stereocenters. The maximum absolute atomic E-state index is 12.6. The number of methoxy groups -OCH3 is 4. The number of nitrogens with one attached hydrogen (secondary N) is 1. The van der Waals surface area contributed by atoms with E-state index < -0.39 is 5.63 Å². The highest BCUT2D eigenvalue weighted by atomic mass is 16.5. The van der Waals surface area contributed by atoms with Crippen molar-refractivity contribution in [3.63, 3.8) is 0 Å². The van der Waals surface area contributed by atoms with Crippen molar-refractivity contribution in [2.45, 2.75) is 19.9 Å². The van der Waals surface area contributed by atoms with Crippen LogP contribution in [0.1, 0.15) is 16.7 Å². The second-order valence-electron chi connectivity index (χ2n) is 6.84. The molecule has 1 aromatic heterocycles. The molecule has 0 saturated carbocycles. The van der Waals surface area contributed by atoms with E-state index >= 15 is 0 Å². The van der Waals surface area contributed by atoms with E-state index in [2.05, 4.69) is 5.32 Å². The first-order chi connectivity index (χ1) is 14.9. The molecule has 0 saturated heterocycles. The first kappa shape index (κ1) is 22.0. The summed E-state index contributed by atoms with van der Waals surface area (Å²) >= 11 is 0. The zero-order chi connectivity index (χ0) is 22.5. The van der Waals surface area contributed by atoms with Crippen LogP contribution in [0.4, 0.5) is 0 Å². The minimum atomic E-state index is -0.568. The van der Waals surface area contributed by atoms with E-state index in [9.17, 15) is 9.59 Å². The Morgan fingerprint density at radius 3 is 2.29 bits per heavy atom. The first-order valence-electron chi connectivity index (χ1n) is 9.57. The molecule has 8 heteroatoms. The van der Waals surface area contributed by atoms with Crippen molar-refractivity contribution < 1.29 is 28.2 Å². The van der Waals surface area contributed by atoms with E-state index in [0.29, 0.717) is 39.5 Å². The highest BCUT2D eigenvalue weighted by molar-refractivity contribution is 5.90. The van der Waals surface area contributed by atoms with Crippen molar-refractivity contribution in [3.05, 3.63) is 57.4 Å². The van der Waals surface area contributed by atoms with Gasteiger partial charge in [0.15, 0.2) is 11.5 Å². The van der Waals surface area contributed by atoms with E-state index in [4.69, 9.17) is 23.4 Å². The van der Waals surface area contributed by atoms with E-state index in [0.717, 1.165) is 5.56 Å². The fourth-order valence-corrected chi connectivity index (χ4v) is 3.38. The van der Waals surface area contributed by atoms with Crippen LogP contribution in [0.25, 0.3) is 11.0 Å². The fourth-order valence-electron chi connectivity index (χ4n) is 3.38. The molecule has 0 spiro atoms. The molecule has 0 radical (unpaired) electrons. The van der Waals surface area contributed by atoms with Gasteiger partial charge in [-0.05, 0) is 30.2 Å². The lowest BCUT2D eigenvalue weighted by Gasteiger charge is -2.13. The number of hydrogen-bond donors (Lipinski definition) is 1. The van der Waals surface area contributed by atoms with Gasteiger partial charge in [-0.1, -0.05) is 6.07 Å². The third kappa shape index (κ3) is 4.58. The van der Waals surface area contributed by atoms with Crippen molar-refractivity contribution in [2.24, 2.45) is 0 Å². The number of carbonyl (C=O) groups is 1. The molecule has 1 heterocycles. The average molecular weight is 427 g/mol. The molecular weight excluding hydrogens is 402 g/mol. The number of hydrogen-bond acceptors (Lipinski definition) is 7. The van der Waals surface area contributed by atoms with E-state index in [1.54, 1.807) is 45.4 Å². The fraction of sp³-hybridized carbons (Fsp3) is 0.304. The Balaban J connectivity index is 1.83. The number of rotatable bonds is 8. The summed E-state index contributed by atoms with van der Waals surface area (Å²) in [7, 11) is 6.14. The maximum atomic E-state index is 12.6. The van der Waals surface area contributed by atoms with Gasteiger partial charge in [0.05, 0.1) is 45.8 Å². The van der Waals surface area contributed by atoms with E-state index in [-0.39, 0.29) is 24.4 Å². The van der Waals surface area contributed by atoms with Crippen molar-refractivity contribution in [2.75, 3.05) is 28.4 Å². The van der Waals surface area contributed by atoms with Crippen LogP contribution in [0.5, 0.6) is 23.0 Å². The monoisotopic (exact) mass is 427 g/mol. The van der Waals surface area contributed by atoms with Gasteiger partial charge in [0.1, 0.15) is 17.1 Å². The Morgan fingerprint density at radius 2 is 1.65 bits per heavy atom. The summed E-state index contributed by atoms with van der Waals surface area (Å²) in [5.74, 6) is 1.88. The van der Waals surface area contributed by atoms with Crippen LogP contribution in [0, 0.1) is 6.92 Å². The highest BCUT2D eigenvalue weighted by Crippen LogP contribution is 2.33. The molecule has 2 aromatic carbocycles. The van der Waals surface area contributed by atoms with Crippen molar-refractivity contribution in [1.29, 1.82) is 0 Å². The normalized spacial score (nSPS) is 10.6. The van der Waals surface area contributed by atoms with Crippen LogP contribution in [-0.4, -0.2) is 34.3 Å². The lowest BCUT2D eigenvalue weighted by molar-refractivity contribution is -0.120. The summed E-state index contributed by atoms with van der Waals surface area (Å²) in [6.07, 6.45) is -0.118. The summed E-state index contributed by atoms with van der Waals surface area (Å²) < 4.78 is 26.6. The zero-order valence-electron chi connectivity index (χ0n) is 18.2. The number of fused-ring (bicyclic) bond motifs is 1. The van der Waals surface area contributed by atoms with Gasteiger partial charge in [-0.25, -0.2) is 4.79 Å². The quantitative estimate of drug-likeness (QED) is 0.552. The predicted octanol–water partition coefficient (Wildman–Crippen LogP) is 2.99. The number of ether oxygens (including phenoxy) is 4. The van der Waals surface area contributed by atoms with Gasteiger partial charge in [0.25, 0.3) is 0 Å². The molecule has 8 nitrogen and oxygen atoms in total. The third-order valence-corrected chi connectivity index (χ3v) is 5.05. The molecule has 0 aliphatic carbocycles. The Bertz CT molecular complexity index is 1170. The molecule has 0 fully saturated rings.